The Labute approximate surface area is 76.2 Å². The zero-order valence-electron chi connectivity index (χ0n) is 8.85. The third-order valence-electron chi connectivity index (χ3n) is 3.49. The predicted octanol–water partition coefficient (Wildman–Crippen LogP) is 2.97. The average Bonchev–Trinajstić information content (AvgIpc) is 1.83. The SMILES string of the molecule is C[C@H](O)C1(C)CCCC(C)(C)C1. The van der Waals surface area contributed by atoms with Crippen LogP contribution in [-0.4, -0.2) is 11.2 Å². The minimum atomic E-state index is -0.155. The number of hydrogen-bond acceptors (Lipinski definition) is 1. The zero-order chi connectivity index (χ0) is 9.41. The molecule has 1 aliphatic rings. The van der Waals surface area contributed by atoms with Gasteiger partial charge in [-0.05, 0) is 37.0 Å². The van der Waals surface area contributed by atoms with Crippen LogP contribution in [0, 0.1) is 10.8 Å². The second kappa shape index (κ2) is 3.02. The standard InChI is InChI=1S/C11H22O/c1-9(12)11(4)7-5-6-10(2,3)8-11/h9,12H,5-8H2,1-4H3/t9-,11?/m0/s1. The van der Waals surface area contributed by atoms with E-state index in [0.29, 0.717) is 5.41 Å². The van der Waals surface area contributed by atoms with Crippen LogP contribution >= 0.6 is 0 Å². The topological polar surface area (TPSA) is 20.2 Å². The molecule has 0 aromatic carbocycles. The van der Waals surface area contributed by atoms with E-state index >= 15 is 0 Å². The van der Waals surface area contributed by atoms with Crippen molar-refractivity contribution in [3.05, 3.63) is 0 Å². The fraction of sp³-hybridized carbons (Fsp3) is 1.00. The van der Waals surface area contributed by atoms with Crippen molar-refractivity contribution in [2.24, 2.45) is 10.8 Å². The highest BCUT2D eigenvalue weighted by Gasteiger charge is 2.39. The third-order valence-corrected chi connectivity index (χ3v) is 3.49. The molecule has 0 spiro atoms. The fourth-order valence-corrected chi connectivity index (χ4v) is 2.60. The maximum absolute atomic E-state index is 9.67. The van der Waals surface area contributed by atoms with Gasteiger partial charge in [-0.15, -0.1) is 0 Å². The molecule has 0 amide bonds. The van der Waals surface area contributed by atoms with E-state index in [1.807, 2.05) is 6.92 Å². The Morgan fingerprint density at radius 1 is 1.17 bits per heavy atom. The van der Waals surface area contributed by atoms with E-state index in [1.54, 1.807) is 0 Å². The Morgan fingerprint density at radius 2 is 1.75 bits per heavy atom. The monoisotopic (exact) mass is 170 g/mol. The molecule has 0 aromatic heterocycles. The van der Waals surface area contributed by atoms with Crippen molar-refractivity contribution in [2.45, 2.75) is 59.5 Å². The van der Waals surface area contributed by atoms with Crippen molar-refractivity contribution in [2.75, 3.05) is 0 Å². The van der Waals surface area contributed by atoms with Gasteiger partial charge in [0.05, 0.1) is 6.10 Å². The minimum absolute atomic E-state index is 0.155. The van der Waals surface area contributed by atoms with Gasteiger partial charge in [-0.3, -0.25) is 0 Å². The molecule has 0 aliphatic heterocycles. The van der Waals surface area contributed by atoms with E-state index in [-0.39, 0.29) is 11.5 Å². The summed E-state index contributed by atoms with van der Waals surface area (Å²) in [5.74, 6) is 0. The van der Waals surface area contributed by atoms with Gasteiger partial charge in [0.2, 0.25) is 0 Å². The molecule has 0 radical (unpaired) electrons. The molecule has 1 unspecified atom stereocenters. The van der Waals surface area contributed by atoms with E-state index < -0.39 is 0 Å². The molecule has 72 valence electrons. The summed E-state index contributed by atoms with van der Waals surface area (Å²) < 4.78 is 0. The summed E-state index contributed by atoms with van der Waals surface area (Å²) in [7, 11) is 0. The van der Waals surface area contributed by atoms with E-state index in [2.05, 4.69) is 20.8 Å². The minimum Gasteiger partial charge on any atom is -0.393 e. The highest BCUT2D eigenvalue weighted by Crippen LogP contribution is 2.47. The Hall–Kier alpha value is -0.0400. The molecule has 12 heavy (non-hydrogen) atoms. The van der Waals surface area contributed by atoms with Crippen molar-refractivity contribution in [1.82, 2.24) is 0 Å². The van der Waals surface area contributed by atoms with E-state index in [1.165, 1.54) is 19.3 Å². The summed E-state index contributed by atoms with van der Waals surface area (Å²) in [5, 5.41) is 9.67. The maximum Gasteiger partial charge on any atom is 0.0565 e. The quantitative estimate of drug-likeness (QED) is 0.641. The first-order valence-electron chi connectivity index (χ1n) is 5.04. The molecule has 0 bridgehead atoms. The van der Waals surface area contributed by atoms with Gasteiger partial charge in [0.25, 0.3) is 0 Å². The average molecular weight is 170 g/mol. The van der Waals surface area contributed by atoms with Crippen molar-refractivity contribution >= 4 is 0 Å². The van der Waals surface area contributed by atoms with Crippen LogP contribution < -0.4 is 0 Å². The first kappa shape index (κ1) is 10.0. The molecule has 1 fully saturated rings. The van der Waals surface area contributed by atoms with Gasteiger partial charge in [-0.2, -0.15) is 0 Å². The third kappa shape index (κ3) is 2.01. The number of hydrogen-bond donors (Lipinski definition) is 1. The molecule has 2 atom stereocenters. The van der Waals surface area contributed by atoms with Gasteiger partial charge in [-0.1, -0.05) is 27.2 Å². The largest absolute Gasteiger partial charge is 0.393 e. The lowest BCUT2D eigenvalue weighted by molar-refractivity contribution is -0.0161. The van der Waals surface area contributed by atoms with Crippen LogP contribution in [0.2, 0.25) is 0 Å². The fourth-order valence-electron chi connectivity index (χ4n) is 2.60. The molecular weight excluding hydrogens is 148 g/mol. The van der Waals surface area contributed by atoms with Crippen LogP contribution in [0.1, 0.15) is 53.4 Å². The summed E-state index contributed by atoms with van der Waals surface area (Å²) in [4.78, 5) is 0. The summed E-state index contributed by atoms with van der Waals surface area (Å²) in [6.07, 6.45) is 4.78. The second-order valence-electron chi connectivity index (χ2n) is 5.52. The maximum atomic E-state index is 9.67. The van der Waals surface area contributed by atoms with Gasteiger partial charge < -0.3 is 5.11 Å². The lowest BCUT2D eigenvalue weighted by atomic mass is 9.62. The Morgan fingerprint density at radius 3 is 2.08 bits per heavy atom. The number of aliphatic hydroxyl groups excluding tert-OH is 1. The summed E-state index contributed by atoms with van der Waals surface area (Å²) in [6.45, 7) is 8.78. The van der Waals surface area contributed by atoms with E-state index in [0.717, 1.165) is 6.42 Å². The normalized spacial score (nSPS) is 37.8. The second-order valence-corrected chi connectivity index (χ2v) is 5.52. The van der Waals surface area contributed by atoms with E-state index in [9.17, 15) is 5.11 Å². The summed E-state index contributed by atoms with van der Waals surface area (Å²) in [6, 6.07) is 0. The molecule has 0 aromatic rings. The lowest BCUT2D eigenvalue weighted by Gasteiger charge is -2.44. The van der Waals surface area contributed by atoms with Crippen LogP contribution in [0.3, 0.4) is 0 Å². The molecule has 1 rings (SSSR count). The molecule has 1 nitrogen and oxygen atoms in total. The van der Waals surface area contributed by atoms with Crippen LogP contribution in [-0.2, 0) is 0 Å². The Kier molecular flexibility index (Phi) is 2.53. The van der Waals surface area contributed by atoms with Gasteiger partial charge in [0.1, 0.15) is 0 Å². The first-order chi connectivity index (χ1) is 5.36. The highest BCUT2D eigenvalue weighted by atomic mass is 16.3. The molecule has 0 heterocycles. The van der Waals surface area contributed by atoms with E-state index in [4.69, 9.17) is 0 Å². The zero-order valence-corrected chi connectivity index (χ0v) is 8.85. The first-order valence-corrected chi connectivity index (χ1v) is 5.04. The van der Waals surface area contributed by atoms with Crippen molar-refractivity contribution in [3.8, 4) is 0 Å². The van der Waals surface area contributed by atoms with Crippen LogP contribution in [0.15, 0.2) is 0 Å². The predicted molar refractivity (Wildman–Crippen MR) is 52.0 cm³/mol. The van der Waals surface area contributed by atoms with Gasteiger partial charge in [-0.25, -0.2) is 0 Å². The van der Waals surface area contributed by atoms with Gasteiger partial charge >= 0.3 is 0 Å². The summed E-state index contributed by atoms with van der Waals surface area (Å²) in [5.41, 5.74) is 0.603. The summed E-state index contributed by atoms with van der Waals surface area (Å²) >= 11 is 0. The van der Waals surface area contributed by atoms with Crippen LogP contribution in [0.25, 0.3) is 0 Å². The molecule has 1 aliphatic carbocycles. The Balaban J connectivity index is 2.68. The van der Waals surface area contributed by atoms with Crippen molar-refractivity contribution in [1.29, 1.82) is 0 Å². The van der Waals surface area contributed by atoms with Crippen LogP contribution in [0.5, 0.6) is 0 Å². The molecule has 1 heteroatoms. The highest BCUT2D eigenvalue weighted by molar-refractivity contribution is 4.90. The molecule has 1 N–H and O–H groups in total. The van der Waals surface area contributed by atoms with Crippen molar-refractivity contribution in [3.63, 3.8) is 0 Å². The molecule has 0 saturated heterocycles. The van der Waals surface area contributed by atoms with Gasteiger partial charge in [0, 0.05) is 0 Å². The van der Waals surface area contributed by atoms with Gasteiger partial charge in [0.15, 0.2) is 0 Å². The number of rotatable bonds is 1. The van der Waals surface area contributed by atoms with Crippen molar-refractivity contribution < 1.29 is 5.11 Å². The number of aliphatic hydroxyl groups is 1. The molecular formula is C11H22O. The molecule has 1 saturated carbocycles. The lowest BCUT2D eigenvalue weighted by Crippen LogP contribution is -2.38. The smallest absolute Gasteiger partial charge is 0.0565 e. The van der Waals surface area contributed by atoms with Crippen LogP contribution in [0.4, 0.5) is 0 Å². The Bertz CT molecular complexity index is 160.